The monoisotopic (exact) mass is 422 g/mol. The van der Waals surface area contributed by atoms with Gasteiger partial charge in [0, 0.05) is 6.26 Å². The Hall–Kier alpha value is -2.96. The lowest BCUT2D eigenvalue weighted by molar-refractivity contribution is 0.0731. The van der Waals surface area contributed by atoms with Crippen LogP contribution < -0.4 is 0 Å². The first-order valence-electron chi connectivity index (χ1n) is 9.51. The second kappa shape index (κ2) is 8.05. The zero-order valence-corrected chi connectivity index (χ0v) is 18.3. The molecule has 1 N–H and O–H groups in total. The van der Waals surface area contributed by atoms with Crippen LogP contribution in [0.5, 0.6) is 0 Å². The lowest BCUT2D eigenvalue weighted by atomic mass is 10.0. The largest absolute Gasteiger partial charge is 0.384 e. The highest BCUT2D eigenvalue weighted by molar-refractivity contribution is 7.90. The average molecular weight is 423 g/mol. The molecular weight excluding hydrogens is 396 g/mol. The van der Waals surface area contributed by atoms with Crippen molar-refractivity contribution in [1.29, 1.82) is 0 Å². The molecule has 0 bridgehead atoms. The summed E-state index contributed by atoms with van der Waals surface area (Å²) in [7, 11) is -3.27. The average Bonchev–Trinajstić information content (AvgIpc) is 3.11. The van der Waals surface area contributed by atoms with Crippen LogP contribution in [0.3, 0.4) is 0 Å². The molecule has 0 aliphatic carbocycles. The van der Waals surface area contributed by atoms with Gasteiger partial charge in [-0.05, 0) is 54.3 Å². The number of hydrogen-bond donors (Lipinski definition) is 1. The maximum absolute atomic E-state index is 11.8. The van der Waals surface area contributed by atoms with Gasteiger partial charge >= 0.3 is 0 Å². The highest BCUT2D eigenvalue weighted by Crippen LogP contribution is 2.29. The van der Waals surface area contributed by atoms with Gasteiger partial charge in [-0.15, -0.1) is 0 Å². The molecule has 3 rings (SSSR count). The van der Waals surface area contributed by atoms with E-state index in [0.29, 0.717) is 17.1 Å². The number of aliphatic hydroxyl groups is 1. The van der Waals surface area contributed by atoms with E-state index in [-0.39, 0.29) is 0 Å². The standard InChI is InChI=1S/C24H26N2O3S/c1-6-17(2)16-26-22(15-23(25-26)24(3,4)27)19-12-10-18(11-13-19)20-8-7-9-21(14-20)30(5,28)29/h6-15,27H,1-2,16H2,3-5H3. The van der Waals surface area contributed by atoms with Crippen molar-refractivity contribution >= 4 is 9.84 Å². The number of nitrogens with zero attached hydrogens (tertiary/aromatic N) is 2. The molecule has 1 heterocycles. The van der Waals surface area contributed by atoms with E-state index in [1.54, 1.807) is 42.8 Å². The Labute approximate surface area is 177 Å². The fraction of sp³-hybridized carbons (Fsp3) is 0.208. The van der Waals surface area contributed by atoms with Gasteiger partial charge in [-0.3, -0.25) is 4.68 Å². The van der Waals surface area contributed by atoms with Crippen LogP contribution in [-0.4, -0.2) is 29.6 Å². The molecule has 1 aromatic heterocycles. The van der Waals surface area contributed by atoms with Crippen molar-refractivity contribution in [3.05, 3.63) is 85.1 Å². The third-order valence-electron chi connectivity index (χ3n) is 4.82. The zero-order valence-electron chi connectivity index (χ0n) is 17.5. The second-order valence-electron chi connectivity index (χ2n) is 7.87. The third kappa shape index (κ3) is 4.78. The van der Waals surface area contributed by atoms with E-state index in [4.69, 9.17) is 0 Å². The summed E-state index contributed by atoms with van der Waals surface area (Å²) in [4.78, 5) is 0.292. The van der Waals surface area contributed by atoms with Gasteiger partial charge in [0.05, 0.1) is 22.8 Å². The van der Waals surface area contributed by atoms with Crippen molar-refractivity contribution in [1.82, 2.24) is 9.78 Å². The van der Waals surface area contributed by atoms with E-state index in [9.17, 15) is 13.5 Å². The van der Waals surface area contributed by atoms with E-state index in [1.165, 1.54) is 6.26 Å². The summed E-state index contributed by atoms with van der Waals surface area (Å²) in [5, 5.41) is 14.9. The van der Waals surface area contributed by atoms with Crippen LogP contribution in [0, 0.1) is 0 Å². The van der Waals surface area contributed by atoms with Crippen molar-refractivity contribution in [2.24, 2.45) is 0 Å². The summed E-state index contributed by atoms with van der Waals surface area (Å²) in [6.45, 7) is 11.6. The molecule has 6 heteroatoms. The number of allylic oxidation sites excluding steroid dienone is 2. The van der Waals surface area contributed by atoms with Crippen LogP contribution in [0.4, 0.5) is 0 Å². The van der Waals surface area contributed by atoms with E-state index in [0.717, 1.165) is 28.0 Å². The Morgan fingerprint density at radius 1 is 1.10 bits per heavy atom. The van der Waals surface area contributed by atoms with Crippen LogP contribution in [0.15, 0.2) is 84.3 Å². The Kier molecular flexibility index (Phi) is 5.83. The minimum Gasteiger partial charge on any atom is -0.384 e. The fourth-order valence-corrected chi connectivity index (χ4v) is 3.73. The van der Waals surface area contributed by atoms with E-state index in [1.807, 2.05) is 36.4 Å². The van der Waals surface area contributed by atoms with Crippen molar-refractivity contribution < 1.29 is 13.5 Å². The van der Waals surface area contributed by atoms with Crippen LogP contribution in [0.25, 0.3) is 22.4 Å². The van der Waals surface area contributed by atoms with Gasteiger partial charge in [0.2, 0.25) is 0 Å². The summed E-state index contributed by atoms with van der Waals surface area (Å²) >= 11 is 0. The highest BCUT2D eigenvalue weighted by atomic mass is 32.2. The van der Waals surface area contributed by atoms with Crippen molar-refractivity contribution in [3.63, 3.8) is 0 Å². The van der Waals surface area contributed by atoms with Gasteiger partial charge < -0.3 is 5.11 Å². The van der Waals surface area contributed by atoms with Crippen molar-refractivity contribution in [2.45, 2.75) is 30.9 Å². The first kappa shape index (κ1) is 21.7. The predicted octanol–water partition coefficient (Wildman–Crippen LogP) is 4.59. The Balaban J connectivity index is 2.01. The second-order valence-corrected chi connectivity index (χ2v) is 9.89. The third-order valence-corrected chi connectivity index (χ3v) is 5.93. The molecule has 2 aromatic carbocycles. The van der Waals surface area contributed by atoms with Crippen LogP contribution in [0.2, 0.25) is 0 Å². The van der Waals surface area contributed by atoms with Crippen LogP contribution in [0.1, 0.15) is 19.5 Å². The number of sulfone groups is 1. The first-order chi connectivity index (χ1) is 14.0. The van der Waals surface area contributed by atoms with Gasteiger partial charge in [0.25, 0.3) is 0 Å². The number of benzene rings is 2. The van der Waals surface area contributed by atoms with Gasteiger partial charge in [-0.1, -0.05) is 55.6 Å². The summed E-state index contributed by atoms with van der Waals surface area (Å²) in [6.07, 6.45) is 2.89. The number of aromatic nitrogens is 2. The zero-order chi connectivity index (χ0) is 22.1. The molecule has 0 saturated carbocycles. The fourth-order valence-electron chi connectivity index (χ4n) is 3.07. The predicted molar refractivity (Wildman–Crippen MR) is 121 cm³/mol. The van der Waals surface area contributed by atoms with E-state index < -0.39 is 15.4 Å². The molecule has 0 saturated heterocycles. The lowest BCUT2D eigenvalue weighted by Crippen LogP contribution is -2.17. The Morgan fingerprint density at radius 3 is 2.30 bits per heavy atom. The quantitative estimate of drug-likeness (QED) is 0.565. The minimum absolute atomic E-state index is 0.292. The molecule has 0 fully saturated rings. The number of rotatable bonds is 7. The molecule has 0 atom stereocenters. The minimum atomic E-state index is -3.27. The SMILES string of the molecule is C=CC(=C)Cn1nc(C(C)(C)O)cc1-c1ccc(-c2cccc(S(C)(=O)=O)c2)cc1. The van der Waals surface area contributed by atoms with Crippen molar-refractivity contribution in [3.8, 4) is 22.4 Å². The molecule has 0 aliphatic rings. The molecule has 0 radical (unpaired) electrons. The summed E-state index contributed by atoms with van der Waals surface area (Å²) in [6, 6.07) is 16.6. The summed E-state index contributed by atoms with van der Waals surface area (Å²) in [5.74, 6) is 0. The highest BCUT2D eigenvalue weighted by Gasteiger charge is 2.22. The summed E-state index contributed by atoms with van der Waals surface area (Å²) < 4.78 is 25.5. The maximum Gasteiger partial charge on any atom is 0.175 e. The van der Waals surface area contributed by atoms with Gasteiger partial charge in [0.15, 0.2) is 9.84 Å². The normalized spacial score (nSPS) is 12.0. The molecule has 5 nitrogen and oxygen atoms in total. The van der Waals surface area contributed by atoms with E-state index >= 15 is 0 Å². The molecule has 0 amide bonds. The molecular formula is C24H26N2O3S. The molecule has 0 unspecified atom stereocenters. The van der Waals surface area contributed by atoms with Crippen LogP contribution in [-0.2, 0) is 22.0 Å². The Bertz CT molecular complexity index is 1200. The molecule has 30 heavy (non-hydrogen) atoms. The molecule has 0 aliphatic heterocycles. The summed E-state index contributed by atoms with van der Waals surface area (Å²) in [5.41, 5.74) is 3.84. The molecule has 156 valence electrons. The lowest BCUT2D eigenvalue weighted by Gasteiger charge is -2.13. The number of hydrogen-bond acceptors (Lipinski definition) is 4. The Morgan fingerprint density at radius 2 is 1.73 bits per heavy atom. The van der Waals surface area contributed by atoms with E-state index in [2.05, 4.69) is 18.3 Å². The first-order valence-corrected chi connectivity index (χ1v) is 11.4. The van der Waals surface area contributed by atoms with Gasteiger partial charge in [0.1, 0.15) is 5.60 Å². The van der Waals surface area contributed by atoms with Gasteiger partial charge in [-0.25, -0.2) is 8.42 Å². The topological polar surface area (TPSA) is 72.2 Å². The molecule has 3 aromatic rings. The van der Waals surface area contributed by atoms with Crippen LogP contribution >= 0.6 is 0 Å². The maximum atomic E-state index is 11.8. The smallest absolute Gasteiger partial charge is 0.175 e. The van der Waals surface area contributed by atoms with Gasteiger partial charge in [-0.2, -0.15) is 5.10 Å². The van der Waals surface area contributed by atoms with Crippen molar-refractivity contribution in [2.75, 3.05) is 6.26 Å². The molecule has 0 spiro atoms.